The van der Waals surface area contributed by atoms with Crippen molar-refractivity contribution in [3.05, 3.63) is 23.8 Å². The second kappa shape index (κ2) is 3.08. The lowest BCUT2D eigenvalue weighted by Crippen LogP contribution is -2.13. The van der Waals surface area contributed by atoms with E-state index in [2.05, 4.69) is 25.2 Å². The standard InChI is InChI=1S/C12H18/c1-11-5-4-9-12(10-6-11)7-2-3-8-12/h2,5,7H,3-4,6,8-10H2,1H3. The molecule has 0 aromatic heterocycles. The van der Waals surface area contributed by atoms with Gasteiger partial charge in [0.2, 0.25) is 0 Å². The Bertz CT molecular complexity index is 222. The summed E-state index contributed by atoms with van der Waals surface area (Å²) in [6, 6.07) is 0. The summed E-state index contributed by atoms with van der Waals surface area (Å²) in [4.78, 5) is 0. The third kappa shape index (κ3) is 1.48. The molecular weight excluding hydrogens is 144 g/mol. The van der Waals surface area contributed by atoms with Crippen molar-refractivity contribution in [2.75, 3.05) is 0 Å². The Morgan fingerprint density at radius 1 is 1.17 bits per heavy atom. The van der Waals surface area contributed by atoms with E-state index < -0.39 is 0 Å². The average molecular weight is 162 g/mol. The molecule has 1 atom stereocenters. The molecule has 0 N–H and O–H groups in total. The predicted octanol–water partition coefficient (Wildman–Crippen LogP) is 3.84. The molecule has 0 aromatic carbocycles. The Labute approximate surface area is 75.4 Å². The maximum atomic E-state index is 2.49. The summed E-state index contributed by atoms with van der Waals surface area (Å²) in [7, 11) is 0. The van der Waals surface area contributed by atoms with Crippen LogP contribution in [0.15, 0.2) is 23.8 Å². The van der Waals surface area contributed by atoms with Crippen molar-refractivity contribution >= 4 is 0 Å². The van der Waals surface area contributed by atoms with Crippen molar-refractivity contribution in [1.29, 1.82) is 0 Å². The second-order valence-corrected chi connectivity index (χ2v) is 4.39. The zero-order valence-corrected chi connectivity index (χ0v) is 7.97. The van der Waals surface area contributed by atoms with Gasteiger partial charge in [-0.25, -0.2) is 0 Å². The van der Waals surface area contributed by atoms with Crippen LogP contribution in [0.25, 0.3) is 0 Å². The molecule has 0 amide bonds. The van der Waals surface area contributed by atoms with E-state index in [1.807, 2.05) is 0 Å². The molecule has 0 heteroatoms. The van der Waals surface area contributed by atoms with E-state index >= 15 is 0 Å². The highest BCUT2D eigenvalue weighted by Crippen LogP contribution is 2.43. The molecule has 12 heavy (non-hydrogen) atoms. The van der Waals surface area contributed by atoms with E-state index in [9.17, 15) is 0 Å². The molecule has 0 heterocycles. The number of hydrogen-bond acceptors (Lipinski definition) is 0. The van der Waals surface area contributed by atoms with Crippen molar-refractivity contribution in [2.24, 2.45) is 5.41 Å². The third-order valence-electron chi connectivity index (χ3n) is 3.43. The molecule has 0 fully saturated rings. The lowest BCUT2D eigenvalue weighted by molar-refractivity contribution is 0.327. The van der Waals surface area contributed by atoms with Crippen molar-refractivity contribution in [1.82, 2.24) is 0 Å². The summed E-state index contributed by atoms with van der Waals surface area (Å²) < 4.78 is 0. The van der Waals surface area contributed by atoms with Crippen LogP contribution in [0, 0.1) is 5.41 Å². The monoisotopic (exact) mass is 162 g/mol. The largest absolute Gasteiger partial charge is 0.0879 e. The summed E-state index contributed by atoms with van der Waals surface area (Å²) in [5.41, 5.74) is 2.21. The van der Waals surface area contributed by atoms with Gasteiger partial charge in [-0.1, -0.05) is 23.8 Å². The van der Waals surface area contributed by atoms with E-state index in [-0.39, 0.29) is 0 Å². The smallest absolute Gasteiger partial charge is 0.0109 e. The average Bonchev–Trinajstić information content (AvgIpc) is 2.42. The Kier molecular flexibility index (Phi) is 2.08. The van der Waals surface area contributed by atoms with Crippen molar-refractivity contribution in [3.8, 4) is 0 Å². The summed E-state index contributed by atoms with van der Waals surface area (Å²) >= 11 is 0. The fraction of sp³-hybridized carbons (Fsp3) is 0.667. The summed E-state index contributed by atoms with van der Waals surface area (Å²) in [5.74, 6) is 0. The molecule has 0 bridgehead atoms. The number of rotatable bonds is 0. The molecule has 1 spiro atoms. The maximum absolute atomic E-state index is 2.49. The first kappa shape index (κ1) is 8.10. The SMILES string of the molecule is CC1=CCCC2(C=CCC2)CC1. The van der Waals surface area contributed by atoms with E-state index in [0.29, 0.717) is 5.41 Å². The highest BCUT2D eigenvalue weighted by atomic mass is 14.3. The lowest BCUT2D eigenvalue weighted by Gasteiger charge is -2.25. The summed E-state index contributed by atoms with van der Waals surface area (Å²) in [5, 5.41) is 0. The molecule has 2 rings (SSSR count). The van der Waals surface area contributed by atoms with Gasteiger partial charge in [0, 0.05) is 0 Å². The van der Waals surface area contributed by atoms with Gasteiger partial charge >= 0.3 is 0 Å². The van der Waals surface area contributed by atoms with Crippen LogP contribution in [-0.4, -0.2) is 0 Å². The zero-order chi connectivity index (χ0) is 8.44. The Hall–Kier alpha value is -0.520. The quantitative estimate of drug-likeness (QED) is 0.475. The van der Waals surface area contributed by atoms with Crippen molar-refractivity contribution < 1.29 is 0 Å². The molecular formula is C12H18. The Morgan fingerprint density at radius 2 is 2.00 bits per heavy atom. The third-order valence-corrected chi connectivity index (χ3v) is 3.43. The van der Waals surface area contributed by atoms with Crippen LogP contribution < -0.4 is 0 Å². The first-order valence-corrected chi connectivity index (χ1v) is 5.14. The molecule has 0 saturated carbocycles. The van der Waals surface area contributed by atoms with Crippen LogP contribution in [0.4, 0.5) is 0 Å². The summed E-state index contributed by atoms with van der Waals surface area (Å²) in [6.45, 7) is 2.28. The van der Waals surface area contributed by atoms with Crippen LogP contribution in [0.2, 0.25) is 0 Å². The highest BCUT2D eigenvalue weighted by Gasteiger charge is 2.29. The van der Waals surface area contributed by atoms with E-state index in [1.54, 1.807) is 5.57 Å². The van der Waals surface area contributed by atoms with E-state index in [1.165, 1.54) is 38.5 Å². The van der Waals surface area contributed by atoms with Gasteiger partial charge in [0.05, 0.1) is 0 Å². The molecule has 0 aliphatic heterocycles. The zero-order valence-electron chi connectivity index (χ0n) is 7.97. The first-order chi connectivity index (χ1) is 5.81. The van der Waals surface area contributed by atoms with Crippen LogP contribution in [0.5, 0.6) is 0 Å². The Balaban J connectivity index is 2.07. The molecule has 1 unspecified atom stereocenters. The fourth-order valence-electron chi connectivity index (χ4n) is 2.48. The van der Waals surface area contributed by atoms with Crippen molar-refractivity contribution in [2.45, 2.75) is 45.4 Å². The van der Waals surface area contributed by atoms with Gasteiger partial charge in [-0.15, -0.1) is 0 Å². The van der Waals surface area contributed by atoms with Gasteiger partial charge in [0.1, 0.15) is 0 Å². The normalized spacial score (nSPS) is 35.2. The van der Waals surface area contributed by atoms with E-state index in [4.69, 9.17) is 0 Å². The molecule has 0 saturated heterocycles. The van der Waals surface area contributed by atoms with Gasteiger partial charge in [-0.2, -0.15) is 0 Å². The second-order valence-electron chi connectivity index (χ2n) is 4.39. The van der Waals surface area contributed by atoms with Crippen molar-refractivity contribution in [3.63, 3.8) is 0 Å². The van der Waals surface area contributed by atoms with Gasteiger partial charge in [0.15, 0.2) is 0 Å². The number of hydrogen-bond donors (Lipinski definition) is 0. The fourth-order valence-corrected chi connectivity index (χ4v) is 2.48. The predicted molar refractivity (Wildman–Crippen MR) is 53.0 cm³/mol. The maximum Gasteiger partial charge on any atom is -0.0109 e. The van der Waals surface area contributed by atoms with Crippen LogP contribution in [-0.2, 0) is 0 Å². The lowest BCUT2D eigenvalue weighted by atomic mass is 9.80. The summed E-state index contributed by atoms with van der Waals surface area (Å²) in [6.07, 6.45) is 15.4. The molecule has 0 aromatic rings. The van der Waals surface area contributed by atoms with Crippen LogP contribution in [0.3, 0.4) is 0 Å². The van der Waals surface area contributed by atoms with Gasteiger partial charge < -0.3 is 0 Å². The highest BCUT2D eigenvalue weighted by molar-refractivity contribution is 5.12. The molecule has 0 radical (unpaired) electrons. The minimum atomic E-state index is 0.605. The molecule has 0 nitrogen and oxygen atoms in total. The van der Waals surface area contributed by atoms with E-state index in [0.717, 1.165) is 0 Å². The molecule has 2 aliphatic carbocycles. The van der Waals surface area contributed by atoms with Gasteiger partial charge in [0.25, 0.3) is 0 Å². The Morgan fingerprint density at radius 3 is 2.75 bits per heavy atom. The van der Waals surface area contributed by atoms with Crippen LogP contribution in [0.1, 0.15) is 45.4 Å². The topological polar surface area (TPSA) is 0 Å². The van der Waals surface area contributed by atoms with Gasteiger partial charge in [-0.05, 0) is 50.9 Å². The molecule has 2 aliphatic rings. The number of allylic oxidation sites excluding steroid dienone is 4. The minimum absolute atomic E-state index is 0.605. The van der Waals surface area contributed by atoms with Crippen LogP contribution >= 0.6 is 0 Å². The van der Waals surface area contributed by atoms with Gasteiger partial charge in [-0.3, -0.25) is 0 Å². The minimum Gasteiger partial charge on any atom is -0.0879 e. The first-order valence-electron chi connectivity index (χ1n) is 5.14. The molecule has 66 valence electrons.